The first kappa shape index (κ1) is 21.7. The molecule has 0 aliphatic carbocycles. The summed E-state index contributed by atoms with van der Waals surface area (Å²) in [6.45, 7) is 1.60. The molecule has 0 bridgehead atoms. The molecule has 1 unspecified atom stereocenters. The summed E-state index contributed by atoms with van der Waals surface area (Å²) in [6.07, 6.45) is -0.557. The van der Waals surface area contributed by atoms with Gasteiger partial charge in [-0.3, -0.25) is 0 Å². The molecule has 0 fully saturated rings. The van der Waals surface area contributed by atoms with Crippen LogP contribution in [0.2, 0.25) is 0 Å². The number of hydrogen-bond donors (Lipinski definition) is 2. The maximum Gasteiger partial charge on any atom is 0.161 e. The van der Waals surface area contributed by atoms with Gasteiger partial charge in [-0.2, -0.15) is 0 Å². The molecule has 0 saturated heterocycles. The van der Waals surface area contributed by atoms with Gasteiger partial charge in [0, 0.05) is 5.56 Å². The van der Waals surface area contributed by atoms with Gasteiger partial charge in [-0.1, -0.05) is 42.5 Å². The van der Waals surface area contributed by atoms with E-state index >= 15 is 0 Å². The lowest BCUT2D eigenvalue weighted by Crippen LogP contribution is -3.09. The molecule has 30 heavy (non-hydrogen) atoms. The zero-order chi connectivity index (χ0) is 21.3. The van der Waals surface area contributed by atoms with Crippen LogP contribution in [0.15, 0.2) is 72.8 Å². The summed E-state index contributed by atoms with van der Waals surface area (Å²) < 4.78 is 16.4. The summed E-state index contributed by atoms with van der Waals surface area (Å²) in [5, 5.41) is 10.4. The second-order valence-corrected chi connectivity index (χ2v) is 7.38. The molecule has 2 atom stereocenters. The van der Waals surface area contributed by atoms with Crippen molar-refractivity contribution in [2.24, 2.45) is 0 Å². The molecule has 5 nitrogen and oxygen atoms in total. The minimum Gasteiger partial charge on any atom is -0.493 e. The first-order valence-corrected chi connectivity index (χ1v) is 10.1. The van der Waals surface area contributed by atoms with E-state index in [1.54, 1.807) is 14.2 Å². The molecule has 158 valence electrons. The van der Waals surface area contributed by atoms with Crippen LogP contribution in [0.1, 0.15) is 5.56 Å². The fourth-order valence-corrected chi connectivity index (χ4v) is 3.44. The van der Waals surface area contributed by atoms with Crippen molar-refractivity contribution in [1.82, 2.24) is 0 Å². The van der Waals surface area contributed by atoms with Crippen molar-refractivity contribution in [3.8, 4) is 28.4 Å². The van der Waals surface area contributed by atoms with E-state index in [1.807, 2.05) is 60.7 Å². The van der Waals surface area contributed by atoms with Crippen molar-refractivity contribution in [3.05, 3.63) is 78.4 Å². The summed E-state index contributed by atoms with van der Waals surface area (Å²) in [5.74, 6) is 2.18. The molecule has 3 aromatic carbocycles. The van der Waals surface area contributed by atoms with Crippen LogP contribution < -0.4 is 19.1 Å². The lowest BCUT2D eigenvalue weighted by atomic mass is 10.1. The van der Waals surface area contributed by atoms with E-state index in [2.05, 4.69) is 19.2 Å². The fraction of sp³-hybridized carbons (Fsp3) is 0.280. The van der Waals surface area contributed by atoms with Crippen LogP contribution in [-0.2, 0) is 6.54 Å². The highest BCUT2D eigenvalue weighted by Gasteiger charge is 2.14. The second-order valence-electron chi connectivity index (χ2n) is 7.38. The van der Waals surface area contributed by atoms with E-state index in [1.165, 1.54) is 10.5 Å². The Morgan fingerprint density at radius 2 is 1.50 bits per heavy atom. The fourth-order valence-electron chi connectivity index (χ4n) is 3.44. The molecule has 5 heteroatoms. The number of rotatable bonds is 10. The standard InChI is InChI=1S/C25H29NO4/c1-26(16-19-9-14-24(28-2)25(15-19)29-3)17-22(27)18-30-23-12-10-21(11-13-23)20-7-5-4-6-8-20/h4-15,22,27H,16-18H2,1-3H3/p+1/t22-/m1/s1. The van der Waals surface area contributed by atoms with Crippen LogP contribution in [0, 0.1) is 0 Å². The number of quaternary nitrogens is 1. The zero-order valence-corrected chi connectivity index (χ0v) is 17.8. The van der Waals surface area contributed by atoms with Gasteiger partial charge in [0.1, 0.15) is 31.5 Å². The van der Waals surface area contributed by atoms with E-state index < -0.39 is 6.10 Å². The molecule has 0 heterocycles. The molecule has 3 rings (SSSR count). The predicted molar refractivity (Wildman–Crippen MR) is 118 cm³/mol. The Kier molecular flexibility index (Phi) is 7.71. The number of likely N-dealkylation sites (N-methyl/N-ethyl adjacent to an activating group) is 1. The van der Waals surface area contributed by atoms with Crippen LogP contribution in [0.3, 0.4) is 0 Å². The molecule has 3 aromatic rings. The van der Waals surface area contributed by atoms with Crippen LogP contribution in [-0.4, -0.2) is 45.6 Å². The lowest BCUT2D eigenvalue weighted by Gasteiger charge is -2.19. The largest absolute Gasteiger partial charge is 0.493 e. The van der Waals surface area contributed by atoms with Gasteiger partial charge in [0.15, 0.2) is 11.5 Å². The van der Waals surface area contributed by atoms with Crippen molar-refractivity contribution in [3.63, 3.8) is 0 Å². The van der Waals surface area contributed by atoms with Gasteiger partial charge in [-0.05, 0) is 41.5 Å². The van der Waals surface area contributed by atoms with Gasteiger partial charge in [-0.25, -0.2) is 0 Å². The summed E-state index contributed by atoms with van der Waals surface area (Å²) in [5.41, 5.74) is 3.43. The summed E-state index contributed by atoms with van der Waals surface area (Å²) >= 11 is 0. The maximum atomic E-state index is 10.4. The molecule has 0 spiro atoms. The van der Waals surface area contributed by atoms with Crippen LogP contribution in [0.25, 0.3) is 11.1 Å². The van der Waals surface area contributed by atoms with E-state index in [4.69, 9.17) is 14.2 Å². The third-order valence-electron chi connectivity index (χ3n) is 4.94. The topological polar surface area (TPSA) is 52.4 Å². The SMILES string of the molecule is COc1ccc(C[NH+](C)C[C@@H](O)COc2ccc(-c3ccccc3)cc2)cc1OC. The van der Waals surface area contributed by atoms with Gasteiger partial charge >= 0.3 is 0 Å². The highest BCUT2D eigenvalue weighted by Crippen LogP contribution is 2.27. The minimum absolute atomic E-state index is 0.258. The Hall–Kier alpha value is -3.02. The van der Waals surface area contributed by atoms with Crippen LogP contribution in [0.4, 0.5) is 0 Å². The average molecular weight is 409 g/mol. The number of aliphatic hydroxyl groups excluding tert-OH is 1. The third-order valence-corrected chi connectivity index (χ3v) is 4.94. The van der Waals surface area contributed by atoms with Crippen molar-refractivity contribution in [2.45, 2.75) is 12.6 Å². The van der Waals surface area contributed by atoms with Crippen molar-refractivity contribution >= 4 is 0 Å². The van der Waals surface area contributed by atoms with Crippen molar-refractivity contribution < 1.29 is 24.2 Å². The van der Waals surface area contributed by atoms with Gasteiger partial charge in [-0.15, -0.1) is 0 Å². The minimum atomic E-state index is -0.557. The van der Waals surface area contributed by atoms with Crippen molar-refractivity contribution in [2.75, 3.05) is 34.4 Å². The molecular weight excluding hydrogens is 378 g/mol. The first-order valence-electron chi connectivity index (χ1n) is 10.1. The monoisotopic (exact) mass is 408 g/mol. The number of ether oxygens (including phenoxy) is 3. The third kappa shape index (κ3) is 5.99. The number of benzene rings is 3. The summed E-state index contributed by atoms with van der Waals surface area (Å²) in [4.78, 5) is 1.18. The molecule has 0 aliphatic heterocycles. The number of nitrogens with one attached hydrogen (secondary N) is 1. The smallest absolute Gasteiger partial charge is 0.161 e. The highest BCUT2D eigenvalue weighted by molar-refractivity contribution is 5.63. The normalized spacial score (nSPS) is 12.8. The Labute approximate surface area is 178 Å². The van der Waals surface area contributed by atoms with Gasteiger partial charge in [0.25, 0.3) is 0 Å². The van der Waals surface area contributed by atoms with E-state index in [-0.39, 0.29) is 6.61 Å². The molecule has 2 N–H and O–H groups in total. The lowest BCUT2D eigenvalue weighted by molar-refractivity contribution is -0.897. The zero-order valence-electron chi connectivity index (χ0n) is 17.8. The molecule has 0 saturated carbocycles. The Morgan fingerprint density at radius 3 is 2.17 bits per heavy atom. The van der Waals surface area contributed by atoms with Crippen molar-refractivity contribution in [1.29, 1.82) is 0 Å². The number of methoxy groups -OCH3 is 2. The Bertz CT molecular complexity index is 912. The van der Waals surface area contributed by atoms with Gasteiger partial charge in [0.2, 0.25) is 0 Å². The Morgan fingerprint density at radius 1 is 0.833 bits per heavy atom. The molecular formula is C25H30NO4+. The van der Waals surface area contributed by atoms with Gasteiger partial charge in [0.05, 0.1) is 21.3 Å². The summed E-state index contributed by atoms with van der Waals surface area (Å²) in [6, 6.07) is 24.1. The van der Waals surface area contributed by atoms with E-state index in [0.717, 1.165) is 23.4 Å². The van der Waals surface area contributed by atoms with E-state index in [9.17, 15) is 5.11 Å². The predicted octanol–water partition coefficient (Wildman–Crippen LogP) is 2.83. The van der Waals surface area contributed by atoms with E-state index in [0.29, 0.717) is 18.0 Å². The molecule has 0 aromatic heterocycles. The quantitative estimate of drug-likeness (QED) is 0.542. The first-order chi connectivity index (χ1) is 14.6. The molecule has 0 amide bonds. The number of aliphatic hydroxyl groups is 1. The highest BCUT2D eigenvalue weighted by atomic mass is 16.5. The molecule has 0 aliphatic rings. The average Bonchev–Trinajstić information content (AvgIpc) is 2.78. The molecule has 0 radical (unpaired) electrons. The second kappa shape index (κ2) is 10.7. The van der Waals surface area contributed by atoms with Crippen LogP contribution >= 0.6 is 0 Å². The van der Waals surface area contributed by atoms with Crippen LogP contribution in [0.5, 0.6) is 17.2 Å². The Balaban J connectivity index is 1.48. The van der Waals surface area contributed by atoms with Gasteiger partial charge < -0.3 is 24.2 Å². The summed E-state index contributed by atoms with van der Waals surface area (Å²) in [7, 11) is 5.31. The maximum absolute atomic E-state index is 10.4. The number of hydrogen-bond acceptors (Lipinski definition) is 4.